The molecule has 0 aromatic rings. The van der Waals surface area contributed by atoms with Crippen molar-refractivity contribution in [3.05, 3.63) is 11.6 Å². The Kier molecular flexibility index (Phi) is 5.29. The van der Waals surface area contributed by atoms with Crippen LogP contribution in [-0.4, -0.2) is 83.8 Å². The molecule has 5 aliphatic rings. The molecule has 0 spiro atoms. The third kappa shape index (κ3) is 3.41. The Morgan fingerprint density at radius 2 is 1.97 bits per heavy atom. The van der Waals surface area contributed by atoms with E-state index in [1.54, 1.807) is 0 Å². The highest BCUT2D eigenvalue weighted by atomic mass is 16.6. The third-order valence-electron chi connectivity index (χ3n) is 6.91. The van der Waals surface area contributed by atoms with Crippen LogP contribution in [-0.2, 0) is 23.9 Å². The van der Waals surface area contributed by atoms with E-state index in [0.717, 1.165) is 18.7 Å². The minimum atomic E-state index is -1.06. The van der Waals surface area contributed by atoms with E-state index in [-0.39, 0.29) is 30.2 Å². The number of aliphatic hydroxyl groups excluding tert-OH is 1. The summed E-state index contributed by atoms with van der Waals surface area (Å²) in [6, 6.07) is 0. The summed E-state index contributed by atoms with van der Waals surface area (Å²) in [4.78, 5) is 41.7. The number of nitrogens with zero attached hydrogens (tertiary/aromatic N) is 2. The van der Waals surface area contributed by atoms with Gasteiger partial charge in [0.05, 0.1) is 37.7 Å². The van der Waals surface area contributed by atoms with Gasteiger partial charge in [-0.05, 0) is 31.3 Å². The lowest BCUT2D eigenvalue weighted by Gasteiger charge is -2.52. The average molecular weight is 406 g/mol. The first-order valence-electron chi connectivity index (χ1n) is 10.5. The van der Waals surface area contributed by atoms with Crippen molar-refractivity contribution in [2.24, 2.45) is 23.7 Å². The van der Waals surface area contributed by atoms with Crippen molar-refractivity contribution >= 4 is 17.8 Å². The van der Waals surface area contributed by atoms with E-state index in [1.807, 2.05) is 19.9 Å². The number of amides is 2. The van der Waals surface area contributed by atoms with E-state index in [9.17, 15) is 19.5 Å². The van der Waals surface area contributed by atoms with E-state index in [4.69, 9.17) is 9.47 Å². The van der Waals surface area contributed by atoms with Crippen LogP contribution in [0.4, 0.5) is 0 Å². The van der Waals surface area contributed by atoms with Gasteiger partial charge >= 0.3 is 5.97 Å². The normalized spacial score (nSPS) is 38.1. The van der Waals surface area contributed by atoms with Crippen molar-refractivity contribution in [3.63, 3.8) is 0 Å². The average Bonchev–Trinajstić information content (AvgIpc) is 2.87. The van der Waals surface area contributed by atoms with Crippen molar-refractivity contribution in [2.45, 2.75) is 38.9 Å². The highest BCUT2D eigenvalue weighted by Crippen LogP contribution is 2.58. The van der Waals surface area contributed by atoms with Gasteiger partial charge in [0.1, 0.15) is 5.60 Å². The Hall–Kier alpha value is -1.77. The zero-order valence-electron chi connectivity index (χ0n) is 17.3. The zero-order valence-corrected chi connectivity index (χ0v) is 17.3. The first kappa shape index (κ1) is 20.5. The number of morpholine rings is 1. The molecular weight excluding hydrogens is 376 g/mol. The third-order valence-corrected chi connectivity index (χ3v) is 6.91. The van der Waals surface area contributed by atoms with Crippen LogP contribution in [0.2, 0.25) is 0 Å². The molecular formula is C21H30N2O6. The number of esters is 1. The minimum absolute atomic E-state index is 0.0294. The summed E-state index contributed by atoms with van der Waals surface area (Å²) in [5.41, 5.74) is -0.0612. The molecule has 8 nitrogen and oxygen atoms in total. The Labute approximate surface area is 170 Å². The van der Waals surface area contributed by atoms with Crippen LogP contribution in [0.15, 0.2) is 11.6 Å². The summed E-state index contributed by atoms with van der Waals surface area (Å²) >= 11 is 0. The smallest absolute Gasteiger partial charge is 0.303 e. The van der Waals surface area contributed by atoms with Gasteiger partial charge in [-0.3, -0.25) is 24.2 Å². The number of likely N-dealkylation sites (tertiary alicyclic amines) is 1. The summed E-state index contributed by atoms with van der Waals surface area (Å²) in [6.45, 7) is 8.38. The van der Waals surface area contributed by atoms with Gasteiger partial charge in [0.15, 0.2) is 0 Å². The number of imide groups is 1. The molecule has 2 bridgehead atoms. The van der Waals surface area contributed by atoms with Crippen molar-refractivity contribution in [1.82, 2.24) is 9.80 Å². The van der Waals surface area contributed by atoms with Crippen molar-refractivity contribution in [1.29, 1.82) is 0 Å². The first-order chi connectivity index (χ1) is 13.7. The Morgan fingerprint density at radius 1 is 1.28 bits per heavy atom. The molecule has 3 fully saturated rings. The van der Waals surface area contributed by atoms with Gasteiger partial charge in [0, 0.05) is 26.6 Å². The number of carbonyl (C=O) groups excluding carboxylic acids is 3. The molecule has 8 heteroatoms. The number of ether oxygens (including phenoxy) is 2. The van der Waals surface area contributed by atoms with Crippen LogP contribution in [0.3, 0.4) is 0 Å². The molecule has 0 aromatic heterocycles. The Bertz CT molecular complexity index is 745. The maximum Gasteiger partial charge on any atom is 0.303 e. The number of allylic oxidation sites excluding steroid dienone is 1. The first-order valence-corrected chi connectivity index (χ1v) is 10.5. The molecule has 3 aliphatic carbocycles. The number of carbonyl (C=O) groups is 3. The van der Waals surface area contributed by atoms with Crippen molar-refractivity contribution < 1.29 is 29.0 Å². The molecule has 0 aromatic carbocycles. The number of rotatable bonds is 5. The fourth-order valence-electron chi connectivity index (χ4n) is 6.03. The highest BCUT2D eigenvalue weighted by Gasteiger charge is 2.67. The van der Waals surface area contributed by atoms with Crippen LogP contribution >= 0.6 is 0 Å². The largest absolute Gasteiger partial charge is 0.454 e. The van der Waals surface area contributed by atoms with Gasteiger partial charge in [-0.1, -0.05) is 12.5 Å². The van der Waals surface area contributed by atoms with E-state index < -0.39 is 29.5 Å². The second-order valence-electron chi connectivity index (χ2n) is 9.00. The topological polar surface area (TPSA) is 96.4 Å². The van der Waals surface area contributed by atoms with Gasteiger partial charge in [-0.25, -0.2) is 0 Å². The van der Waals surface area contributed by atoms with Gasteiger partial charge in [0.25, 0.3) is 0 Å². The lowest BCUT2D eigenvalue weighted by Crippen LogP contribution is -2.57. The van der Waals surface area contributed by atoms with Crippen LogP contribution in [0.25, 0.3) is 0 Å². The fraction of sp³-hybridized carbons (Fsp3) is 0.762. The number of hydrogen-bond acceptors (Lipinski definition) is 7. The lowest BCUT2D eigenvalue weighted by molar-refractivity contribution is -0.173. The second-order valence-corrected chi connectivity index (χ2v) is 9.00. The summed E-state index contributed by atoms with van der Waals surface area (Å²) in [6.07, 6.45) is 1.60. The molecule has 5 rings (SSSR count). The summed E-state index contributed by atoms with van der Waals surface area (Å²) in [5.74, 6) is -2.15. The number of hydrogen-bond donors (Lipinski definition) is 1. The van der Waals surface area contributed by atoms with Gasteiger partial charge in [-0.2, -0.15) is 0 Å². The molecule has 2 heterocycles. The quantitative estimate of drug-likeness (QED) is 0.396. The molecule has 29 heavy (non-hydrogen) atoms. The van der Waals surface area contributed by atoms with E-state index in [0.29, 0.717) is 26.2 Å². The molecule has 1 N–H and O–H groups in total. The molecule has 1 saturated carbocycles. The van der Waals surface area contributed by atoms with Crippen LogP contribution in [0.5, 0.6) is 0 Å². The van der Waals surface area contributed by atoms with Crippen LogP contribution in [0, 0.1) is 23.7 Å². The van der Waals surface area contributed by atoms with Crippen LogP contribution in [0.1, 0.15) is 27.2 Å². The lowest BCUT2D eigenvalue weighted by atomic mass is 9.54. The van der Waals surface area contributed by atoms with Gasteiger partial charge < -0.3 is 14.6 Å². The molecule has 2 saturated heterocycles. The van der Waals surface area contributed by atoms with Gasteiger partial charge in [-0.15, -0.1) is 0 Å². The zero-order chi connectivity index (χ0) is 20.9. The molecule has 2 aliphatic heterocycles. The standard InChI is InChI=1S/C21H30N2O6/c1-12-8-21(29-14(3)24)9-13(2)16(12)17-18(21)20(27)23(19(17)26)11-15(25)10-22-4-6-28-7-5-22/h8,13,15-18,25H,4-7,9-11H2,1-3H3. The molecule has 2 amide bonds. The van der Waals surface area contributed by atoms with Crippen LogP contribution < -0.4 is 0 Å². The maximum atomic E-state index is 13.3. The second kappa shape index (κ2) is 7.49. The van der Waals surface area contributed by atoms with Crippen molar-refractivity contribution in [3.8, 4) is 0 Å². The molecule has 6 unspecified atom stereocenters. The summed E-state index contributed by atoms with van der Waals surface area (Å²) < 4.78 is 11.0. The Balaban J connectivity index is 1.56. The molecule has 6 atom stereocenters. The highest BCUT2D eigenvalue weighted by molar-refractivity contribution is 6.07. The van der Waals surface area contributed by atoms with E-state index in [1.165, 1.54) is 11.8 Å². The number of aliphatic hydroxyl groups is 1. The van der Waals surface area contributed by atoms with Crippen molar-refractivity contribution in [2.75, 3.05) is 39.4 Å². The fourth-order valence-corrected chi connectivity index (χ4v) is 6.03. The molecule has 0 radical (unpaired) electrons. The number of β-amino-alcohol motifs (C(OH)–C–C–N with tert-alkyl or cyclic N) is 1. The number of fused-ring (bicyclic) bond motifs is 1. The van der Waals surface area contributed by atoms with E-state index in [2.05, 4.69) is 4.90 Å². The molecule has 160 valence electrons. The van der Waals surface area contributed by atoms with E-state index >= 15 is 0 Å². The van der Waals surface area contributed by atoms with Gasteiger partial charge in [0.2, 0.25) is 11.8 Å². The summed E-state index contributed by atoms with van der Waals surface area (Å²) in [7, 11) is 0. The maximum absolute atomic E-state index is 13.3. The predicted octanol–water partition coefficient (Wildman–Crippen LogP) is 0.199. The summed E-state index contributed by atoms with van der Waals surface area (Å²) in [5, 5.41) is 10.6. The SMILES string of the molecule is CC(=O)OC12C=C(C)C(C(C)C1)C1C(=O)N(CC(O)CN3CCOCC3)C(=O)C12. The predicted molar refractivity (Wildman–Crippen MR) is 102 cm³/mol. The minimum Gasteiger partial charge on any atom is -0.454 e. The Morgan fingerprint density at radius 3 is 2.59 bits per heavy atom. The monoisotopic (exact) mass is 406 g/mol.